The van der Waals surface area contributed by atoms with Gasteiger partial charge in [0.1, 0.15) is 17.8 Å². The maximum absolute atomic E-state index is 13.0. The molecule has 0 aliphatic carbocycles. The summed E-state index contributed by atoms with van der Waals surface area (Å²) in [5, 5.41) is 31.6. The van der Waals surface area contributed by atoms with Crippen molar-refractivity contribution in [3.8, 4) is 0 Å². The number of methoxy groups -OCH3 is 1. The molecule has 1 aliphatic rings. The van der Waals surface area contributed by atoms with Crippen LogP contribution in [0.3, 0.4) is 0 Å². The number of hydrogen-bond donors (Lipinski definition) is 2. The zero-order valence-electron chi connectivity index (χ0n) is 19.4. The lowest BCUT2D eigenvalue weighted by Crippen LogP contribution is -2.61. The van der Waals surface area contributed by atoms with Crippen molar-refractivity contribution < 1.29 is 56.8 Å². The Morgan fingerprint density at radius 3 is 2.24 bits per heavy atom. The van der Waals surface area contributed by atoms with E-state index < -0.39 is 77.2 Å². The molecule has 0 spiro atoms. The molecule has 0 bridgehead atoms. The van der Waals surface area contributed by atoms with Gasteiger partial charge in [-0.15, -0.1) is 0 Å². The lowest BCUT2D eigenvalue weighted by Gasteiger charge is -2.42. The van der Waals surface area contributed by atoms with Crippen LogP contribution in [-0.4, -0.2) is 71.5 Å². The first kappa shape index (κ1) is 28.0. The molecule has 0 aromatic heterocycles. The van der Waals surface area contributed by atoms with E-state index in [1.807, 2.05) is 0 Å². The zero-order valence-corrected chi connectivity index (χ0v) is 19.4. The molecule has 11 nitrogen and oxygen atoms in total. The summed E-state index contributed by atoms with van der Waals surface area (Å²) in [4.78, 5) is 35.8. The number of rotatable bonds is 7. The van der Waals surface area contributed by atoms with Crippen molar-refractivity contribution in [1.82, 2.24) is 0 Å². The van der Waals surface area contributed by atoms with Gasteiger partial charge in [0.05, 0.1) is 22.7 Å². The van der Waals surface area contributed by atoms with Crippen LogP contribution in [0.4, 0.5) is 18.9 Å². The Morgan fingerprint density at radius 1 is 1.08 bits per heavy atom. The molecular weight excluding hydrogens is 507 g/mol. The Morgan fingerprint density at radius 2 is 1.70 bits per heavy atom. The van der Waals surface area contributed by atoms with Crippen LogP contribution in [0.15, 0.2) is 42.5 Å². The monoisotopic (exact) mass is 529 g/mol. The molecule has 1 fully saturated rings. The summed E-state index contributed by atoms with van der Waals surface area (Å²) in [6.45, 7) is 1.03. The SMILES string of the molecule is CO[C@@H]1O[C@H](CO)[C@H](O)[C@H](OC(=O)c2ccc(C)cc2)[C@@H]1OC(=O)c1ccc(C(F)(F)F)cc1[N+](=O)[O-]. The second-order valence-electron chi connectivity index (χ2n) is 8.04. The Kier molecular flexibility index (Phi) is 8.48. The number of nitro groups is 1. The molecule has 14 heteroatoms. The Hall–Kier alpha value is -3.59. The van der Waals surface area contributed by atoms with E-state index in [1.54, 1.807) is 19.1 Å². The van der Waals surface area contributed by atoms with Crippen molar-refractivity contribution in [2.75, 3.05) is 13.7 Å². The van der Waals surface area contributed by atoms with E-state index in [1.165, 1.54) is 12.1 Å². The number of carbonyl (C=O) groups is 2. The fourth-order valence-corrected chi connectivity index (χ4v) is 3.59. The number of aliphatic hydroxyl groups is 2. The Labute approximate surface area is 207 Å². The van der Waals surface area contributed by atoms with Crippen molar-refractivity contribution in [3.05, 3.63) is 74.8 Å². The average Bonchev–Trinajstić information content (AvgIpc) is 2.85. The van der Waals surface area contributed by atoms with Crippen LogP contribution in [0.2, 0.25) is 0 Å². The van der Waals surface area contributed by atoms with Gasteiger partial charge in [-0.2, -0.15) is 13.2 Å². The molecule has 0 unspecified atom stereocenters. The number of esters is 2. The third-order valence-electron chi connectivity index (χ3n) is 5.55. The van der Waals surface area contributed by atoms with E-state index in [-0.39, 0.29) is 11.6 Å². The fraction of sp³-hybridized carbons (Fsp3) is 0.391. The molecule has 2 aromatic carbocycles. The van der Waals surface area contributed by atoms with Gasteiger partial charge in [0.15, 0.2) is 18.5 Å². The van der Waals surface area contributed by atoms with E-state index in [4.69, 9.17) is 18.9 Å². The summed E-state index contributed by atoms with van der Waals surface area (Å²) in [5.74, 6) is -2.42. The van der Waals surface area contributed by atoms with Crippen molar-refractivity contribution in [2.45, 2.75) is 43.8 Å². The topological polar surface area (TPSA) is 155 Å². The van der Waals surface area contributed by atoms with Gasteiger partial charge in [0, 0.05) is 13.2 Å². The van der Waals surface area contributed by atoms with Crippen molar-refractivity contribution in [2.24, 2.45) is 0 Å². The molecule has 2 aromatic rings. The number of nitrogens with zero attached hydrogens (tertiary/aromatic N) is 1. The fourth-order valence-electron chi connectivity index (χ4n) is 3.59. The molecule has 0 saturated carbocycles. The highest BCUT2D eigenvalue weighted by Gasteiger charge is 2.50. The second-order valence-corrected chi connectivity index (χ2v) is 8.04. The van der Waals surface area contributed by atoms with Crippen molar-refractivity contribution in [3.63, 3.8) is 0 Å². The van der Waals surface area contributed by atoms with Crippen LogP contribution in [0, 0.1) is 17.0 Å². The molecule has 0 radical (unpaired) electrons. The molecule has 2 N–H and O–H groups in total. The number of ether oxygens (including phenoxy) is 4. The quantitative estimate of drug-likeness (QED) is 0.310. The minimum Gasteiger partial charge on any atom is -0.452 e. The van der Waals surface area contributed by atoms with Gasteiger partial charge in [0.2, 0.25) is 0 Å². The molecule has 5 atom stereocenters. The molecule has 37 heavy (non-hydrogen) atoms. The first-order chi connectivity index (χ1) is 17.4. The van der Waals surface area contributed by atoms with Crippen LogP contribution < -0.4 is 0 Å². The molecular formula is C23H22F3NO10. The molecule has 1 heterocycles. The normalized spacial score (nSPS) is 23.8. The number of carbonyl (C=O) groups excluding carboxylic acids is 2. The molecule has 3 rings (SSSR count). The van der Waals surface area contributed by atoms with Crippen LogP contribution in [0.1, 0.15) is 31.8 Å². The molecule has 1 aliphatic heterocycles. The summed E-state index contributed by atoms with van der Waals surface area (Å²) in [7, 11) is 1.11. The van der Waals surface area contributed by atoms with Gasteiger partial charge >= 0.3 is 18.1 Å². The number of aliphatic hydroxyl groups excluding tert-OH is 2. The summed E-state index contributed by atoms with van der Waals surface area (Å²) in [6.07, 6.45) is -12.9. The predicted octanol–water partition coefficient (Wildman–Crippen LogP) is 2.40. The van der Waals surface area contributed by atoms with Crippen LogP contribution in [0.5, 0.6) is 0 Å². The number of benzene rings is 2. The average molecular weight is 529 g/mol. The van der Waals surface area contributed by atoms with Gasteiger partial charge in [-0.1, -0.05) is 17.7 Å². The van der Waals surface area contributed by atoms with E-state index in [0.717, 1.165) is 12.7 Å². The summed E-state index contributed by atoms with van der Waals surface area (Å²) in [6, 6.07) is 7.31. The number of nitro benzene ring substituents is 1. The van der Waals surface area contributed by atoms with E-state index in [9.17, 15) is 43.1 Å². The smallest absolute Gasteiger partial charge is 0.416 e. The Bertz CT molecular complexity index is 1150. The lowest BCUT2D eigenvalue weighted by molar-refractivity contribution is -0.385. The minimum atomic E-state index is -4.91. The maximum Gasteiger partial charge on any atom is 0.416 e. The highest BCUT2D eigenvalue weighted by molar-refractivity contribution is 5.94. The first-order valence-electron chi connectivity index (χ1n) is 10.7. The van der Waals surface area contributed by atoms with Gasteiger partial charge in [-0.3, -0.25) is 10.1 Å². The van der Waals surface area contributed by atoms with Crippen LogP contribution in [0.25, 0.3) is 0 Å². The molecule has 200 valence electrons. The highest BCUT2D eigenvalue weighted by atomic mass is 19.4. The summed E-state index contributed by atoms with van der Waals surface area (Å²) < 4.78 is 60.1. The van der Waals surface area contributed by atoms with Crippen LogP contribution in [-0.2, 0) is 25.1 Å². The zero-order chi connectivity index (χ0) is 27.5. The van der Waals surface area contributed by atoms with E-state index >= 15 is 0 Å². The number of alkyl halides is 3. The van der Waals surface area contributed by atoms with Gasteiger partial charge < -0.3 is 29.2 Å². The van der Waals surface area contributed by atoms with Crippen molar-refractivity contribution in [1.29, 1.82) is 0 Å². The second kappa shape index (κ2) is 11.2. The van der Waals surface area contributed by atoms with Gasteiger partial charge in [-0.25, -0.2) is 9.59 Å². The third kappa shape index (κ3) is 6.22. The molecule has 1 saturated heterocycles. The first-order valence-corrected chi connectivity index (χ1v) is 10.7. The van der Waals surface area contributed by atoms with Gasteiger partial charge in [0.25, 0.3) is 5.69 Å². The standard InChI is InChI=1S/C23H22F3NO10/c1-11-3-5-12(6-4-11)20(30)36-18-17(29)16(10-28)35-22(34-2)19(18)37-21(31)14-8-7-13(23(24,25)26)9-15(14)27(32)33/h3-9,16-19,22,28-29H,10H2,1-2H3/t16-,17+,18+,19+,22-/m1/s1. The van der Waals surface area contributed by atoms with E-state index in [0.29, 0.717) is 12.1 Å². The number of aryl methyl sites for hydroxylation is 1. The van der Waals surface area contributed by atoms with E-state index in [2.05, 4.69) is 0 Å². The third-order valence-corrected chi connectivity index (χ3v) is 5.55. The lowest BCUT2D eigenvalue weighted by atomic mass is 9.98. The number of hydrogen-bond acceptors (Lipinski definition) is 10. The van der Waals surface area contributed by atoms with Gasteiger partial charge in [-0.05, 0) is 31.2 Å². The summed E-state index contributed by atoms with van der Waals surface area (Å²) in [5.41, 5.74) is -2.48. The molecule has 0 amide bonds. The summed E-state index contributed by atoms with van der Waals surface area (Å²) >= 11 is 0. The van der Waals surface area contributed by atoms with Crippen molar-refractivity contribution >= 4 is 17.6 Å². The number of halogens is 3. The highest BCUT2D eigenvalue weighted by Crippen LogP contribution is 2.34. The Balaban J connectivity index is 1.95. The minimum absolute atomic E-state index is 0.0715. The maximum atomic E-state index is 13.0. The largest absolute Gasteiger partial charge is 0.452 e. The van der Waals surface area contributed by atoms with Crippen LogP contribution >= 0.6 is 0 Å². The predicted molar refractivity (Wildman–Crippen MR) is 116 cm³/mol.